The van der Waals surface area contributed by atoms with E-state index in [2.05, 4.69) is 43.6 Å². The zero-order chi connectivity index (χ0) is 26.3. The highest BCUT2D eigenvalue weighted by atomic mass is 79.9. The van der Waals surface area contributed by atoms with E-state index in [1.165, 1.54) is 12.1 Å². The second-order valence-electron chi connectivity index (χ2n) is 8.66. The minimum atomic E-state index is -3.55. The smallest absolute Gasteiger partial charge is 0.426 e. The van der Waals surface area contributed by atoms with Crippen LogP contribution in [0.5, 0.6) is 0 Å². The Morgan fingerprint density at radius 1 is 0.811 bits per heavy atom. The molecule has 0 saturated heterocycles. The topological polar surface area (TPSA) is 114 Å². The highest BCUT2D eigenvalue weighted by molar-refractivity contribution is 9.10. The predicted molar refractivity (Wildman–Crippen MR) is 144 cm³/mol. The van der Waals surface area contributed by atoms with Gasteiger partial charge in [0.25, 0.3) is 0 Å². The molecule has 0 aromatic heterocycles. The van der Waals surface area contributed by atoms with E-state index in [-0.39, 0.29) is 36.3 Å². The molecule has 4 rings (SSSR count). The third kappa shape index (κ3) is 6.97. The van der Waals surface area contributed by atoms with Crippen molar-refractivity contribution >= 4 is 38.0 Å². The van der Waals surface area contributed by atoms with E-state index in [1.54, 1.807) is 12.1 Å². The molecular formula is C27H28BrN3O5S. The number of sulfonamides is 1. The lowest BCUT2D eigenvalue weighted by Gasteiger charge is -2.14. The third-order valence-electron chi connectivity index (χ3n) is 6.14. The zero-order valence-corrected chi connectivity index (χ0v) is 22.5. The van der Waals surface area contributed by atoms with Crippen LogP contribution in [0.15, 0.2) is 82.2 Å². The largest absolute Gasteiger partial charge is 0.447 e. The van der Waals surface area contributed by atoms with Gasteiger partial charge in [-0.2, -0.15) is 0 Å². The van der Waals surface area contributed by atoms with E-state index in [0.717, 1.165) is 26.7 Å². The number of halogens is 1. The second-order valence-corrected chi connectivity index (χ2v) is 11.3. The molecule has 0 bridgehead atoms. The molecule has 8 nitrogen and oxygen atoms in total. The summed E-state index contributed by atoms with van der Waals surface area (Å²) in [5.41, 5.74) is 9.15. The van der Waals surface area contributed by atoms with Gasteiger partial charge in [-0.3, -0.25) is 10.2 Å². The third-order valence-corrected chi connectivity index (χ3v) is 8.15. The fourth-order valence-corrected chi connectivity index (χ4v) is 5.65. The molecule has 1 aliphatic rings. The van der Waals surface area contributed by atoms with Crippen molar-refractivity contribution in [2.24, 2.45) is 0 Å². The fourth-order valence-electron chi connectivity index (χ4n) is 4.31. The quantitative estimate of drug-likeness (QED) is 0.232. The van der Waals surface area contributed by atoms with Crippen molar-refractivity contribution in [3.63, 3.8) is 0 Å². The number of carbonyl (C=O) groups is 2. The SMILES string of the molecule is O=C(CCCCCNS(=O)(=O)c1ccc(Br)cc1)NNC(=O)OCC1c2ccccc2-c2ccccc21. The lowest BCUT2D eigenvalue weighted by atomic mass is 9.98. The Kier molecular flexibility index (Phi) is 8.96. The molecule has 0 radical (unpaired) electrons. The number of fused-ring (bicyclic) bond motifs is 3. The Morgan fingerprint density at radius 2 is 1.43 bits per heavy atom. The van der Waals surface area contributed by atoms with Gasteiger partial charge >= 0.3 is 6.09 Å². The van der Waals surface area contributed by atoms with E-state index in [1.807, 2.05) is 36.4 Å². The van der Waals surface area contributed by atoms with Gasteiger partial charge in [0, 0.05) is 23.4 Å². The number of rotatable bonds is 10. The number of nitrogens with one attached hydrogen (secondary N) is 3. The molecule has 0 spiro atoms. The minimum absolute atomic E-state index is 0.0601. The number of carbonyl (C=O) groups excluding carboxylic acids is 2. The van der Waals surface area contributed by atoms with E-state index < -0.39 is 16.1 Å². The van der Waals surface area contributed by atoms with Crippen molar-refractivity contribution in [2.45, 2.75) is 36.5 Å². The van der Waals surface area contributed by atoms with Gasteiger partial charge in [0.2, 0.25) is 15.9 Å². The number of hydrogen-bond acceptors (Lipinski definition) is 5. The molecule has 0 fully saturated rings. The monoisotopic (exact) mass is 585 g/mol. The van der Waals surface area contributed by atoms with Gasteiger partial charge in [-0.25, -0.2) is 23.4 Å². The van der Waals surface area contributed by atoms with Crippen LogP contribution in [-0.4, -0.2) is 33.6 Å². The fraction of sp³-hybridized carbons (Fsp3) is 0.259. The highest BCUT2D eigenvalue weighted by Gasteiger charge is 2.29. The van der Waals surface area contributed by atoms with Crippen LogP contribution in [0.4, 0.5) is 4.79 Å². The number of unbranched alkanes of at least 4 members (excludes halogenated alkanes) is 2. The minimum Gasteiger partial charge on any atom is -0.447 e. The normalized spacial score (nSPS) is 12.5. The summed E-state index contributed by atoms with van der Waals surface area (Å²) in [4.78, 5) is 24.4. The standard InChI is InChI=1S/C27H28BrN3O5S/c28-19-13-15-20(16-14-19)37(34,35)29-17-7-1-2-12-26(32)30-31-27(33)36-18-25-23-10-5-3-8-21(23)22-9-4-6-11-24(22)25/h3-6,8-11,13-16,25,29H,1-2,7,12,17-18H2,(H,30,32)(H,31,33). The molecule has 194 valence electrons. The molecule has 3 aromatic rings. The summed E-state index contributed by atoms with van der Waals surface area (Å²) in [5, 5.41) is 0. The Morgan fingerprint density at radius 3 is 2.08 bits per heavy atom. The van der Waals surface area contributed by atoms with Gasteiger partial charge in [-0.15, -0.1) is 0 Å². The first-order valence-electron chi connectivity index (χ1n) is 12.0. The average molecular weight is 587 g/mol. The van der Waals surface area contributed by atoms with Crippen LogP contribution < -0.4 is 15.6 Å². The molecule has 0 atom stereocenters. The summed E-state index contributed by atoms with van der Waals surface area (Å²) in [6, 6.07) is 22.5. The Hall–Kier alpha value is -3.21. The van der Waals surface area contributed by atoms with E-state index in [4.69, 9.17) is 4.74 Å². The lowest BCUT2D eigenvalue weighted by molar-refractivity contribution is -0.122. The lowest BCUT2D eigenvalue weighted by Crippen LogP contribution is -2.42. The summed E-state index contributed by atoms with van der Waals surface area (Å²) in [7, 11) is -3.55. The van der Waals surface area contributed by atoms with Crippen LogP contribution in [0.1, 0.15) is 42.7 Å². The van der Waals surface area contributed by atoms with E-state index in [0.29, 0.717) is 19.3 Å². The van der Waals surface area contributed by atoms with Crippen molar-refractivity contribution in [1.29, 1.82) is 0 Å². The first-order valence-corrected chi connectivity index (χ1v) is 14.3. The Bertz CT molecular complexity index is 1320. The van der Waals surface area contributed by atoms with Crippen LogP contribution in [0.3, 0.4) is 0 Å². The first-order chi connectivity index (χ1) is 17.8. The van der Waals surface area contributed by atoms with Crippen molar-refractivity contribution in [2.75, 3.05) is 13.2 Å². The summed E-state index contributed by atoms with van der Waals surface area (Å²) in [6.07, 6.45) is 1.27. The van der Waals surface area contributed by atoms with Crippen LogP contribution >= 0.6 is 15.9 Å². The number of ether oxygens (including phenoxy) is 1. The summed E-state index contributed by atoms with van der Waals surface area (Å²) in [5.74, 6) is -0.404. The molecule has 37 heavy (non-hydrogen) atoms. The predicted octanol–water partition coefficient (Wildman–Crippen LogP) is 4.86. The van der Waals surface area contributed by atoms with Crippen LogP contribution in [0, 0.1) is 0 Å². The summed E-state index contributed by atoms with van der Waals surface area (Å²) >= 11 is 3.28. The van der Waals surface area contributed by atoms with Gasteiger partial charge in [0.15, 0.2) is 0 Å². The molecule has 2 amide bonds. The highest BCUT2D eigenvalue weighted by Crippen LogP contribution is 2.44. The second kappa shape index (κ2) is 12.4. The van der Waals surface area contributed by atoms with Crippen molar-refractivity contribution < 1.29 is 22.7 Å². The summed E-state index contributed by atoms with van der Waals surface area (Å²) in [6.45, 7) is 0.434. The van der Waals surface area contributed by atoms with E-state index in [9.17, 15) is 18.0 Å². The Labute approximate surface area is 225 Å². The van der Waals surface area contributed by atoms with Crippen molar-refractivity contribution in [3.05, 3.63) is 88.4 Å². The maximum absolute atomic E-state index is 12.2. The molecule has 3 aromatic carbocycles. The van der Waals surface area contributed by atoms with Crippen LogP contribution in [-0.2, 0) is 19.6 Å². The van der Waals surface area contributed by atoms with Gasteiger partial charge in [0.05, 0.1) is 4.90 Å². The zero-order valence-electron chi connectivity index (χ0n) is 20.1. The summed E-state index contributed by atoms with van der Waals surface area (Å²) < 4.78 is 33.2. The first kappa shape index (κ1) is 26.8. The molecule has 1 aliphatic carbocycles. The molecule has 0 unspecified atom stereocenters. The number of hydrazine groups is 1. The molecule has 3 N–H and O–H groups in total. The molecule has 0 saturated carbocycles. The maximum Gasteiger partial charge on any atom is 0.426 e. The van der Waals surface area contributed by atoms with Gasteiger partial charge in [0.1, 0.15) is 6.61 Å². The van der Waals surface area contributed by atoms with Gasteiger partial charge < -0.3 is 4.74 Å². The maximum atomic E-state index is 12.2. The van der Waals surface area contributed by atoms with Crippen LogP contribution in [0.25, 0.3) is 11.1 Å². The average Bonchev–Trinajstić information content (AvgIpc) is 3.22. The molecule has 0 aliphatic heterocycles. The molecular weight excluding hydrogens is 558 g/mol. The molecule has 0 heterocycles. The van der Waals surface area contributed by atoms with Crippen LogP contribution in [0.2, 0.25) is 0 Å². The number of hydrogen-bond donors (Lipinski definition) is 3. The van der Waals surface area contributed by atoms with Crippen molar-refractivity contribution in [3.8, 4) is 11.1 Å². The number of amides is 2. The number of benzene rings is 3. The Balaban J connectivity index is 1.12. The van der Waals surface area contributed by atoms with Gasteiger partial charge in [-0.1, -0.05) is 70.9 Å². The van der Waals surface area contributed by atoms with Crippen molar-refractivity contribution in [1.82, 2.24) is 15.6 Å². The molecule has 10 heteroatoms. The van der Waals surface area contributed by atoms with E-state index >= 15 is 0 Å². The van der Waals surface area contributed by atoms with Gasteiger partial charge in [-0.05, 0) is 59.4 Å².